The molecule has 0 amide bonds. The highest BCUT2D eigenvalue weighted by Crippen LogP contribution is 2.22. The lowest BCUT2D eigenvalue weighted by molar-refractivity contribution is -0.0127. The largest absolute Gasteiger partial charge is 0.381 e. The Kier molecular flexibility index (Phi) is 4.60. The van der Waals surface area contributed by atoms with Crippen LogP contribution in [-0.4, -0.2) is 63.0 Å². The fraction of sp³-hybridized carbons (Fsp3) is 1.00. The molecule has 0 aromatic rings. The van der Waals surface area contributed by atoms with Gasteiger partial charge in [-0.3, -0.25) is 0 Å². The molecule has 2 aliphatic rings. The Morgan fingerprint density at radius 2 is 1.94 bits per heavy atom. The molecule has 106 valence electrons. The van der Waals surface area contributed by atoms with E-state index in [2.05, 4.69) is 0 Å². The number of sulfonamides is 1. The fourth-order valence-electron chi connectivity index (χ4n) is 2.38. The minimum absolute atomic E-state index is 0.155. The maximum absolute atomic E-state index is 12.5. The van der Waals surface area contributed by atoms with Gasteiger partial charge in [0.2, 0.25) is 10.0 Å². The summed E-state index contributed by atoms with van der Waals surface area (Å²) in [7, 11) is -3.23. The van der Waals surface area contributed by atoms with Crippen molar-refractivity contribution in [3.8, 4) is 0 Å². The molecule has 2 N–H and O–H groups in total. The summed E-state index contributed by atoms with van der Waals surface area (Å²) >= 11 is 0. The normalized spacial score (nSPS) is 30.2. The van der Waals surface area contributed by atoms with Crippen molar-refractivity contribution < 1.29 is 17.9 Å². The van der Waals surface area contributed by atoms with Gasteiger partial charge < -0.3 is 15.2 Å². The highest BCUT2D eigenvalue weighted by Gasteiger charge is 2.37. The van der Waals surface area contributed by atoms with Crippen LogP contribution in [0.3, 0.4) is 0 Å². The van der Waals surface area contributed by atoms with Crippen LogP contribution in [0.25, 0.3) is 0 Å². The van der Waals surface area contributed by atoms with Crippen molar-refractivity contribution in [2.75, 3.05) is 32.9 Å². The summed E-state index contributed by atoms with van der Waals surface area (Å²) < 4.78 is 37.2. The second-order valence-electron chi connectivity index (χ2n) is 4.98. The van der Waals surface area contributed by atoms with Crippen molar-refractivity contribution in [1.82, 2.24) is 4.31 Å². The van der Waals surface area contributed by atoms with Crippen molar-refractivity contribution in [3.63, 3.8) is 0 Å². The van der Waals surface area contributed by atoms with Gasteiger partial charge in [-0.2, -0.15) is 4.31 Å². The van der Waals surface area contributed by atoms with E-state index in [1.807, 2.05) is 6.92 Å². The quantitative estimate of drug-likeness (QED) is 0.755. The van der Waals surface area contributed by atoms with E-state index in [4.69, 9.17) is 15.2 Å². The van der Waals surface area contributed by atoms with Gasteiger partial charge in [0.15, 0.2) is 0 Å². The number of morpholine rings is 1. The van der Waals surface area contributed by atoms with Gasteiger partial charge in [-0.15, -0.1) is 0 Å². The van der Waals surface area contributed by atoms with E-state index in [0.29, 0.717) is 45.8 Å². The first-order valence-electron chi connectivity index (χ1n) is 6.45. The fourth-order valence-corrected chi connectivity index (χ4v) is 4.28. The summed E-state index contributed by atoms with van der Waals surface area (Å²) in [6.07, 6.45) is 0.971. The Hall–Kier alpha value is -0.210. The van der Waals surface area contributed by atoms with Gasteiger partial charge in [0.25, 0.3) is 0 Å². The Morgan fingerprint density at radius 1 is 1.28 bits per heavy atom. The zero-order valence-corrected chi connectivity index (χ0v) is 11.6. The van der Waals surface area contributed by atoms with Crippen LogP contribution in [0.15, 0.2) is 0 Å². The van der Waals surface area contributed by atoms with E-state index in [1.165, 1.54) is 0 Å². The van der Waals surface area contributed by atoms with E-state index in [1.54, 1.807) is 4.31 Å². The third-order valence-electron chi connectivity index (χ3n) is 3.59. The number of nitrogens with zero attached hydrogens (tertiary/aromatic N) is 1. The molecule has 2 rings (SSSR count). The lowest BCUT2D eigenvalue weighted by Crippen LogP contribution is -2.53. The molecule has 18 heavy (non-hydrogen) atoms. The Morgan fingerprint density at radius 3 is 2.56 bits per heavy atom. The van der Waals surface area contributed by atoms with E-state index in [0.717, 1.165) is 0 Å². The lowest BCUT2D eigenvalue weighted by Gasteiger charge is -2.36. The van der Waals surface area contributed by atoms with E-state index < -0.39 is 10.0 Å². The average molecular weight is 278 g/mol. The highest BCUT2D eigenvalue weighted by atomic mass is 32.2. The number of hydrogen-bond donors (Lipinski definition) is 1. The average Bonchev–Trinajstić information content (AvgIpc) is 2.40. The lowest BCUT2D eigenvalue weighted by atomic mass is 10.2. The molecule has 7 heteroatoms. The second kappa shape index (κ2) is 5.83. The van der Waals surface area contributed by atoms with Gasteiger partial charge in [-0.1, -0.05) is 0 Å². The summed E-state index contributed by atoms with van der Waals surface area (Å²) in [5.41, 5.74) is 5.78. The predicted octanol–water partition coefficient (Wildman–Crippen LogP) is -0.457. The number of nitrogens with two attached hydrogens (primary N) is 1. The third kappa shape index (κ3) is 3.03. The molecule has 6 nitrogen and oxygen atoms in total. The Balaban J connectivity index is 2.04. The van der Waals surface area contributed by atoms with Crippen molar-refractivity contribution in [3.05, 3.63) is 0 Å². The van der Waals surface area contributed by atoms with Gasteiger partial charge in [-0.05, 0) is 19.8 Å². The molecular weight excluding hydrogens is 256 g/mol. The van der Waals surface area contributed by atoms with Crippen LogP contribution in [-0.2, 0) is 19.5 Å². The summed E-state index contributed by atoms with van der Waals surface area (Å²) in [6.45, 7) is 4.14. The smallest absolute Gasteiger partial charge is 0.217 e. The molecule has 2 heterocycles. The first-order chi connectivity index (χ1) is 8.51. The Bertz CT molecular complexity index is 365. The van der Waals surface area contributed by atoms with E-state index in [-0.39, 0.29) is 17.4 Å². The molecule has 0 aromatic carbocycles. The number of ether oxygens (including phenoxy) is 2. The van der Waals surface area contributed by atoms with Crippen LogP contribution in [0.4, 0.5) is 0 Å². The number of rotatable bonds is 3. The third-order valence-corrected chi connectivity index (χ3v) is 5.96. The maximum Gasteiger partial charge on any atom is 0.217 e. The molecule has 2 aliphatic heterocycles. The summed E-state index contributed by atoms with van der Waals surface area (Å²) in [5, 5.41) is -0.307. The summed E-state index contributed by atoms with van der Waals surface area (Å²) in [5.74, 6) is 0. The SMILES string of the molecule is CC(N)C1CN(S(=O)(=O)C2CCOCC2)CCO1. The van der Waals surface area contributed by atoms with Crippen LogP contribution in [0.2, 0.25) is 0 Å². The van der Waals surface area contributed by atoms with E-state index >= 15 is 0 Å². The van der Waals surface area contributed by atoms with Crippen LogP contribution < -0.4 is 5.73 Å². The summed E-state index contributed by atoms with van der Waals surface area (Å²) in [6, 6.07) is -0.155. The number of hydrogen-bond acceptors (Lipinski definition) is 5. The predicted molar refractivity (Wildman–Crippen MR) is 67.7 cm³/mol. The molecular formula is C11H22N2O4S. The van der Waals surface area contributed by atoms with Gasteiger partial charge in [-0.25, -0.2) is 8.42 Å². The first kappa shape index (κ1) is 14.2. The first-order valence-corrected chi connectivity index (χ1v) is 7.96. The molecule has 2 atom stereocenters. The molecule has 0 spiro atoms. The zero-order chi connectivity index (χ0) is 13.2. The molecule has 2 fully saturated rings. The molecule has 2 unspecified atom stereocenters. The minimum atomic E-state index is -3.23. The van der Waals surface area contributed by atoms with Gasteiger partial charge >= 0.3 is 0 Å². The van der Waals surface area contributed by atoms with Crippen LogP contribution in [0.1, 0.15) is 19.8 Å². The minimum Gasteiger partial charge on any atom is -0.381 e. The van der Waals surface area contributed by atoms with Crippen LogP contribution in [0, 0.1) is 0 Å². The molecule has 0 saturated carbocycles. The van der Waals surface area contributed by atoms with E-state index in [9.17, 15) is 8.42 Å². The standard InChI is InChI=1S/C11H22N2O4S/c1-9(12)11-8-13(4-7-17-11)18(14,15)10-2-5-16-6-3-10/h9-11H,2-8,12H2,1H3. The van der Waals surface area contributed by atoms with Crippen molar-refractivity contribution >= 4 is 10.0 Å². The van der Waals surface area contributed by atoms with Gasteiger partial charge in [0.1, 0.15) is 0 Å². The molecule has 0 aromatic heterocycles. The zero-order valence-electron chi connectivity index (χ0n) is 10.7. The monoisotopic (exact) mass is 278 g/mol. The summed E-state index contributed by atoms with van der Waals surface area (Å²) in [4.78, 5) is 0. The van der Waals surface area contributed by atoms with Crippen molar-refractivity contribution in [2.45, 2.75) is 37.2 Å². The van der Waals surface area contributed by atoms with Gasteiger partial charge in [0, 0.05) is 32.3 Å². The maximum atomic E-state index is 12.5. The van der Waals surface area contributed by atoms with Crippen molar-refractivity contribution in [2.24, 2.45) is 5.73 Å². The van der Waals surface area contributed by atoms with Crippen LogP contribution >= 0.6 is 0 Å². The molecule has 0 bridgehead atoms. The van der Waals surface area contributed by atoms with Crippen molar-refractivity contribution in [1.29, 1.82) is 0 Å². The highest BCUT2D eigenvalue weighted by molar-refractivity contribution is 7.89. The molecule has 2 saturated heterocycles. The van der Waals surface area contributed by atoms with Gasteiger partial charge in [0.05, 0.1) is 18.0 Å². The second-order valence-corrected chi connectivity index (χ2v) is 7.20. The topological polar surface area (TPSA) is 81.9 Å². The molecule has 0 radical (unpaired) electrons. The van der Waals surface area contributed by atoms with Crippen LogP contribution in [0.5, 0.6) is 0 Å². The molecule has 0 aliphatic carbocycles. The Labute approximate surface area is 108 Å².